The number of hydrogen-bond acceptors (Lipinski definition) is 9. The van der Waals surface area contributed by atoms with Crippen LogP contribution < -0.4 is 5.73 Å². The van der Waals surface area contributed by atoms with Crippen molar-refractivity contribution in [1.29, 1.82) is 0 Å². The van der Waals surface area contributed by atoms with Gasteiger partial charge in [-0.15, -0.1) is 0 Å². The van der Waals surface area contributed by atoms with Gasteiger partial charge in [0.2, 0.25) is 0 Å². The van der Waals surface area contributed by atoms with Crippen molar-refractivity contribution in [3.8, 4) is 0 Å². The van der Waals surface area contributed by atoms with E-state index in [9.17, 15) is 23.8 Å². The number of carboxylic acid groups (broad SMARTS) is 1. The van der Waals surface area contributed by atoms with Crippen molar-refractivity contribution in [1.82, 2.24) is 0 Å². The number of unbranched alkanes of at least 4 members (excludes halogenated alkanes) is 6. The molecule has 0 rings (SSSR count). The third kappa shape index (κ3) is 35.2. The molecule has 3 atom stereocenters. The van der Waals surface area contributed by atoms with Crippen LogP contribution in [0.2, 0.25) is 0 Å². The molecule has 53 heavy (non-hydrogen) atoms. The lowest BCUT2D eigenvalue weighted by molar-refractivity contribution is -0.161. The van der Waals surface area contributed by atoms with E-state index in [1.807, 2.05) is 36.5 Å². The van der Waals surface area contributed by atoms with E-state index in [0.717, 1.165) is 70.6 Å². The van der Waals surface area contributed by atoms with Gasteiger partial charge in [-0.25, -0.2) is 4.57 Å². The van der Waals surface area contributed by atoms with Gasteiger partial charge in [0.15, 0.2) is 6.10 Å². The number of carboxylic acids is 1. The number of rotatable bonds is 33. The van der Waals surface area contributed by atoms with Crippen LogP contribution in [0.25, 0.3) is 0 Å². The van der Waals surface area contributed by atoms with Gasteiger partial charge in [0, 0.05) is 12.8 Å². The Morgan fingerprint density at radius 2 is 1.09 bits per heavy atom. The van der Waals surface area contributed by atoms with Gasteiger partial charge in [-0.3, -0.25) is 23.4 Å². The molecule has 0 aromatic carbocycles. The molecule has 0 spiro atoms. The molecule has 0 heterocycles. The minimum atomic E-state index is -4.74. The summed E-state index contributed by atoms with van der Waals surface area (Å²) in [7, 11) is -4.74. The number of hydrogen-bond donors (Lipinski definition) is 3. The molecule has 0 saturated heterocycles. The van der Waals surface area contributed by atoms with Crippen LogP contribution in [0.15, 0.2) is 97.2 Å². The summed E-state index contributed by atoms with van der Waals surface area (Å²) in [6, 6.07) is -1.54. The van der Waals surface area contributed by atoms with E-state index >= 15 is 0 Å². The van der Waals surface area contributed by atoms with Crippen LogP contribution in [0, 0.1) is 0 Å². The third-order valence-electron chi connectivity index (χ3n) is 7.17. The van der Waals surface area contributed by atoms with Gasteiger partial charge in [-0.1, -0.05) is 124 Å². The summed E-state index contributed by atoms with van der Waals surface area (Å²) in [6.07, 6.45) is 43.4. The number of allylic oxidation sites excluding steroid dienone is 16. The summed E-state index contributed by atoms with van der Waals surface area (Å²) >= 11 is 0. The summed E-state index contributed by atoms with van der Waals surface area (Å²) in [5.41, 5.74) is 5.31. The molecule has 0 bridgehead atoms. The van der Waals surface area contributed by atoms with Crippen molar-refractivity contribution in [2.45, 2.75) is 122 Å². The first-order chi connectivity index (χ1) is 25.6. The topological polar surface area (TPSA) is 172 Å². The minimum Gasteiger partial charge on any atom is -0.480 e. The summed E-state index contributed by atoms with van der Waals surface area (Å²) in [6.45, 7) is 2.42. The Kier molecular flexibility index (Phi) is 33.0. The normalized spacial score (nSPS) is 14.9. The molecule has 0 aliphatic rings. The molecule has 0 aliphatic heterocycles. The van der Waals surface area contributed by atoms with Crippen LogP contribution in [0.1, 0.15) is 110 Å². The molecular formula is C41H64NO10P. The number of phosphoric acid groups is 1. The molecule has 298 valence electrons. The lowest BCUT2D eigenvalue weighted by Crippen LogP contribution is -2.34. The summed E-state index contributed by atoms with van der Waals surface area (Å²) in [4.78, 5) is 45.7. The fraction of sp³-hybridized carbons (Fsp3) is 0.537. The fourth-order valence-electron chi connectivity index (χ4n) is 4.24. The van der Waals surface area contributed by atoms with E-state index < -0.39 is 51.1 Å². The van der Waals surface area contributed by atoms with Crippen molar-refractivity contribution in [2.24, 2.45) is 5.73 Å². The quantitative estimate of drug-likeness (QED) is 0.0191. The highest BCUT2D eigenvalue weighted by Crippen LogP contribution is 2.43. The van der Waals surface area contributed by atoms with Gasteiger partial charge in [-0.05, 0) is 70.6 Å². The van der Waals surface area contributed by atoms with Crippen molar-refractivity contribution >= 4 is 25.7 Å². The monoisotopic (exact) mass is 761 g/mol. The molecule has 4 N–H and O–H groups in total. The molecular weight excluding hydrogens is 697 g/mol. The first-order valence-electron chi connectivity index (χ1n) is 18.8. The van der Waals surface area contributed by atoms with Crippen molar-refractivity contribution < 1.29 is 47.5 Å². The summed E-state index contributed by atoms with van der Waals surface area (Å²) < 4.78 is 32.5. The number of nitrogens with two attached hydrogens (primary N) is 1. The highest BCUT2D eigenvalue weighted by atomic mass is 31.2. The zero-order valence-corrected chi connectivity index (χ0v) is 32.7. The maximum absolute atomic E-state index is 12.5. The minimum absolute atomic E-state index is 0.101. The summed E-state index contributed by atoms with van der Waals surface area (Å²) in [5, 5.41) is 8.86. The van der Waals surface area contributed by atoms with E-state index in [1.165, 1.54) is 0 Å². The second kappa shape index (κ2) is 35.4. The standard InChI is InChI=1S/C41H64NO10P/c1-3-5-7-9-11-13-15-17-18-19-21-22-24-26-28-30-32-39(43)49-34-37(35-50-53(47,48)51-36-38(42)41(45)46)52-40(44)33-31-29-27-25-23-20-16-14-12-10-8-6-4-2/h5-8,10-14,16-18,20-23,37-38H,3-4,9,15,19,24-36,42H2,1-2H3,(H,45,46)(H,47,48)/b7-5+,8-6+,12-10+,13-11+,16-14+,18-17+,22-21+,23-20+/t37?,38-/m0/s1. The lowest BCUT2D eigenvalue weighted by atomic mass is 10.1. The SMILES string of the molecule is CC/C=C/C=C/C=C/C=C/CCCCCC(=O)OC(COC(=O)CCCCC/C=C/C/C=C/C/C=C/C/C=C/CC)COP(=O)(O)OC[C@H](N)C(=O)O. The van der Waals surface area contributed by atoms with Gasteiger partial charge in [0.05, 0.1) is 13.2 Å². The predicted molar refractivity (Wildman–Crippen MR) is 212 cm³/mol. The Hall–Kier alpha value is -3.60. The number of phosphoric ester groups is 1. The van der Waals surface area contributed by atoms with Crippen molar-refractivity contribution in [3.63, 3.8) is 0 Å². The van der Waals surface area contributed by atoms with Gasteiger partial charge in [0.1, 0.15) is 12.6 Å². The van der Waals surface area contributed by atoms with Crippen LogP contribution in [-0.2, 0) is 37.5 Å². The predicted octanol–water partition coefficient (Wildman–Crippen LogP) is 9.33. The zero-order valence-electron chi connectivity index (χ0n) is 31.8. The molecule has 0 amide bonds. The van der Waals surface area contributed by atoms with Gasteiger partial charge in [-0.2, -0.15) is 0 Å². The van der Waals surface area contributed by atoms with Gasteiger partial charge < -0.3 is 25.2 Å². The molecule has 0 radical (unpaired) electrons. The van der Waals surface area contributed by atoms with Crippen LogP contribution in [0.4, 0.5) is 0 Å². The zero-order chi connectivity index (χ0) is 39.3. The van der Waals surface area contributed by atoms with Crippen LogP contribution in [0.3, 0.4) is 0 Å². The number of aliphatic carboxylic acids is 1. The third-order valence-corrected chi connectivity index (χ3v) is 8.12. The number of esters is 2. The largest absolute Gasteiger partial charge is 0.480 e. The van der Waals surface area contributed by atoms with E-state index in [1.54, 1.807) is 0 Å². The Morgan fingerprint density at radius 1 is 0.604 bits per heavy atom. The van der Waals surface area contributed by atoms with E-state index in [-0.39, 0.29) is 19.4 Å². The van der Waals surface area contributed by atoms with Crippen molar-refractivity contribution in [2.75, 3.05) is 19.8 Å². The Balaban J connectivity index is 4.59. The van der Waals surface area contributed by atoms with E-state index in [2.05, 4.69) is 79.1 Å². The molecule has 0 aromatic heterocycles. The molecule has 0 aromatic rings. The molecule has 0 aliphatic carbocycles. The second-order valence-corrected chi connectivity index (χ2v) is 13.5. The number of ether oxygens (including phenoxy) is 2. The number of carbonyl (C=O) groups excluding carboxylic acids is 2. The van der Waals surface area contributed by atoms with Gasteiger partial charge >= 0.3 is 25.7 Å². The Labute approximate surface area is 317 Å². The molecule has 2 unspecified atom stereocenters. The average molecular weight is 762 g/mol. The van der Waals surface area contributed by atoms with Crippen LogP contribution in [-0.4, -0.2) is 59.9 Å². The summed E-state index contributed by atoms with van der Waals surface area (Å²) in [5.74, 6) is -2.49. The number of carbonyl (C=O) groups is 3. The van der Waals surface area contributed by atoms with E-state index in [4.69, 9.17) is 24.8 Å². The van der Waals surface area contributed by atoms with Crippen molar-refractivity contribution in [3.05, 3.63) is 97.2 Å². The first kappa shape index (κ1) is 49.4. The van der Waals surface area contributed by atoms with Crippen LogP contribution >= 0.6 is 7.82 Å². The fourth-order valence-corrected chi connectivity index (χ4v) is 5.02. The van der Waals surface area contributed by atoms with Gasteiger partial charge in [0.25, 0.3) is 0 Å². The van der Waals surface area contributed by atoms with E-state index in [0.29, 0.717) is 12.8 Å². The molecule has 12 heteroatoms. The second-order valence-electron chi connectivity index (χ2n) is 12.0. The maximum atomic E-state index is 12.5. The highest BCUT2D eigenvalue weighted by molar-refractivity contribution is 7.47. The lowest BCUT2D eigenvalue weighted by Gasteiger charge is -2.20. The first-order valence-corrected chi connectivity index (χ1v) is 20.3. The molecule has 0 saturated carbocycles. The smallest absolute Gasteiger partial charge is 0.472 e. The Bertz CT molecular complexity index is 1270. The molecule has 0 fully saturated rings. The average Bonchev–Trinajstić information content (AvgIpc) is 3.13. The van der Waals surface area contributed by atoms with Crippen LogP contribution in [0.5, 0.6) is 0 Å². The maximum Gasteiger partial charge on any atom is 0.472 e. The Morgan fingerprint density at radius 3 is 1.68 bits per heavy atom. The highest BCUT2D eigenvalue weighted by Gasteiger charge is 2.28. The molecule has 11 nitrogen and oxygen atoms in total.